The summed E-state index contributed by atoms with van der Waals surface area (Å²) >= 11 is 1.54. The topological polar surface area (TPSA) is 103 Å². The van der Waals surface area contributed by atoms with Crippen LogP contribution < -0.4 is 5.32 Å². The molecule has 6 rings (SSSR count). The van der Waals surface area contributed by atoms with Gasteiger partial charge in [-0.1, -0.05) is 54.2 Å². The number of hydrogen-bond acceptors (Lipinski definition) is 7. The van der Waals surface area contributed by atoms with Gasteiger partial charge in [0.1, 0.15) is 6.04 Å². The first kappa shape index (κ1) is 21.5. The molecule has 0 saturated heterocycles. The standard InChI is InChI=1S/C26H21N5O3S/c32-22-7-3-6-21-23(22)24(18-10-12-20(13-11-18)31(33)34)30-25(27-21)28-26(29-30)35-15-16-8-9-17-4-1-2-5-19(17)14-16/h1-2,4-5,8-14,24H,3,6-7,15H2,(H,27,28,29). The number of thioether (sulfide) groups is 1. The Balaban J connectivity index is 1.33. The van der Waals surface area contributed by atoms with Crippen molar-refractivity contribution in [1.82, 2.24) is 14.8 Å². The molecular weight excluding hydrogens is 462 g/mol. The summed E-state index contributed by atoms with van der Waals surface area (Å²) in [6.45, 7) is 0. The number of benzene rings is 3. The number of ketones is 1. The first-order valence-corrected chi connectivity index (χ1v) is 12.4. The molecule has 0 saturated carbocycles. The predicted molar refractivity (Wildman–Crippen MR) is 134 cm³/mol. The van der Waals surface area contributed by atoms with Gasteiger partial charge in [-0.05, 0) is 46.9 Å². The number of anilines is 1. The smallest absolute Gasteiger partial charge is 0.269 e. The number of nitro groups is 1. The summed E-state index contributed by atoms with van der Waals surface area (Å²) in [4.78, 5) is 28.4. The maximum atomic E-state index is 12.9. The van der Waals surface area contributed by atoms with Crippen molar-refractivity contribution >= 4 is 40.0 Å². The molecule has 174 valence electrons. The van der Waals surface area contributed by atoms with Crippen LogP contribution in [0, 0.1) is 10.1 Å². The van der Waals surface area contributed by atoms with Crippen LogP contribution in [0.2, 0.25) is 0 Å². The fourth-order valence-corrected chi connectivity index (χ4v) is 5.53. The minimum absolute atomic E-state index is 0.0114. The number of non-ortho nitro benzene ring substituents is 1. The maximum absolute atomic E-state index is 12.9. The highest BCUT2D eigenvalue weighted by Crippen LogP contribution is 2.41. The van der Waals surface area contributed by atoms with Crippen molar-refractivity contribution in [3.63, 3.8) is 0 Å². The number of allylic oxidation sites excluding steroid dienone is 2. The molecule has 0 radical (unpaired) electrons. The van der Waals surface area contributed by atoms with Crippen LogP contribution in [-0.4, -0.2) is 25.5 Å². The molecule has 1 aromatic heterocycles. The Hall–Kier alpha value is -3.98. The number of aromatic nitrogens is 3. The van der Waals surface area contributed by atoms with Gasteiger partial charge in [-0.15, -0.1) is 5.10 Å². The SMILES string of the molecule is O=C1CCCC2=C1C(c1ccc([N+](=O)[O-])cc1)n1nc(SCc3ccc4ccccc4c3)nc1N2. The molecule has 0 spiro atoms. The molecule has 0 amide bonds. The highest BCUT2D eigenvalue weighted by molar-refractivity contribution is 7.98. The summed E-state index contributed by atoms with van der Waals surface area (Å²) in [5, 5.41) is 22.2. The summed E-state index contributed by atoms with van der Waals surface area (Å²) in [6.07, 6.45) is 2.03. The Morgan fingerprint density at radius 3 is 2.66 bits per heavy atom. The van der Waals surface area contributed by atoms with Gasteiger partial charge in [-0.2, -0.15) is 4.98 Å². The molecule has 9 heteroatoms. The van der Waals surface area contributed by atoms with Crippen LogP contribution in [0.3, 0.4) is 0 Å². The second kappa shape index (κ2) is 8.66. The van der Waals surface area contributed by atoms with E-state index in [2.05, 4.69) is 35.6 Å². The van der Waals surface area contributed by atoms with E-state index in [0.717, 1.165) is 24.1 Å². The van der Waals surface area contributed by atoms with E-state index in [9.17, 15) is 14.9 Å². The number of rotatable bonds is 5. The van der Waals surface area contributed by atoms with Crippen LogP contribution in [0.25, 0.3) is 10.8 Å². The second-order valence-electron chi connectivity index (χ2n) is 8.68. The molecule has 3 aromatic carbocycles. The third-order valence-corrected chi connectivity index (χ3v) is 7.36. The molecule has 1 unspecified atom stereocenters. The number of nitrogens with zero attached hydrogens (tertiary/aromatic N) is 4. The number of fused-ring (bicyclic) bond motifs is 2. The van der Waals surface area contributed by atoms with E-state index >= 15 is 0 Å². The van der Waals surface area contributed by atoms with Crippen LogP contribution in [-0.2, 0) is 10.5 Å². The molecule has 1 aliphatic carbocycles. The van der Waals surface area contributed by atoms with Gasteiger partial charge in [0, 0.05) is 35.6 Å². The number of hydrogen-bond donors (Lipinski definition) is 1. The van der Waals surface area contributed by atoms with Gasteiger partial charge in [0.2, 0.25) is 11.1 Å². The van der Waals surface area contributed by atoms with Crippen molar-refractivity contribution in [2.45, 2.75) is 36.2 Å². The first-order valence-electron chi connectivity index (χ1n) is 11.4. The van der Waals surface area contributed by atoms with E-state index in [-0.39, 0.29) is 11.5 Å². The van der Waals surface area contributed by atoms with Crippen molar-refractivity contribution in [3.8, 4) is 0 Å². The second-order valence-corrected chi connectivity index (χ2v) is 9.62. The first-order chi connectivity index (χ1) is 17.1. The lowest BCUT2D eigenvalue weighted by atomic mass is 9.85. The van der Waals surface area contributed by atoms with Crippen LogP contribution >= 0.6 is 11.8 Å². The molecule has 0 bridgehead atoms. The Morgan fingerprint density at radius 2 is 1.86 bits per heavy atom. The zero-order chi connectivity index (χ0) is 23.9. The monoisotopic (exact) mass is 483 g/mol. The van der Waals surface area contributed by atoms with Crippen LogP contribution in [0.1, 0.15) is 36.4 Å². The third-order valence-electron chi connectivity index (χ3n) is 6.45. The maximum Gasteiger partial charge on any atom is 0.269 e. The highest BCUT2D eigenvalue weighted by atomic mass is 32.2. The van der Waals surface area contributed by atoms with Gasteiger partial charge >= 0.3 is 0 Å². The summed E-state index contributed by atoms with van der Waals surface area (Å²) in [7, 11) is 0. The summed E-state index contributed by atoms with van der Waals surface area (Å²) < 4.78 is 1.74. The molecule has 8 nitrogen and oxygen atoms in total. The summed E-state index contributed by atoms with van der Waals surface area (Å²) in [5.74, 6) is 1.37. The third kappa shape index (κ3) is 3.97. The Morgan fingerprint density at radius 1 is 1.06 bits per heavy atom. The van der Waals surface area contributed by atoms with E-state index in [0.29, 0.717) is 28.9 Å². The summed E-state index contributed by atoms with van der Waals surface area (Å²) in [6, 6.07) is 20.5. The van der Waals surface area contributed by atoms with Gasteiger partial charge in [0.15, 0.2) is 5.78 Å². The quantitative estimate of drug-likeness (QED) is 0.222. The molecule has 1 atom stereocenters. The molecule has 1 N–H and O–H groups in total. The zero-order valence-electron chi connectivity index (χ0n) is 18.7. The van der Waals surface area contributed by atoms with Gasteiger partial charge in [-0.25, -0.2) is 4.68 Å². The summed E-state index contributed by atoms with van der Waals surface area (Å²) in [5.41, 5.74) is 3.51. The van der Waals surface area contributed by atoms with E-state index in [1.807, 2.05) is 12.1 Å². The van der Waals surface area contributed by atoms with E-state index in [4.69, 9.17) is 10.1 Å². The van der Waals surface area contributed by atoms with Crippen molar-refractivity contribution < 1.29 is 9.72 Å². The van der Waals surface area contributed by atoms with Gasteiger partial charge in [-0.3, -0.25) is 14.9 Å². The highest BCUT2D eigenvalue weighted by Gasteiger charge is 2.37. The number of carbonyl (C=O) groups excluding carboxylic acids is 1. The normalized spacial score (nSPS) is 17.1. The minimum Gasteiger partial charge on any atom is -0.328 e. The largest absolute Gasteiger partial charge is 0.328 e. The molecule has 0 fully saturated rings. The van der Waals surface area contributed by atoms with Crippen molar-refractivity contribution in [2.24, 2.45) is 0 Å². The van der Waals surface area contributed by atoms with E-state index in [1.165, 1.54) is 40.2 Å². The molecular formula is C26H21N5O3S. The van der Waals surface area contributed by atoms with E-state index < -0.39 is 11.0 Å². The van der Waals surface area contributed by atoms with Crippen molar-refractivity contribution in [1.29, 1.82) is 0 Å². The van der Waals surface area contributed by atoms with Gasteiger partial charge in [0.05, 0.1) is 4.92 Å². The zero-order valence-corrected chi connectivity index (χ0v) is 19.5. The lowest BCUT2D eigenvalue weighted by Crippen LogP contribution is -2.31. The van der Waals surface area contributed by atoms with Gasteiger partial charge < -0.3 is 5.32 Å². The van der Waals surface area contributed by atoms with E-state index in [1.54, 1.807) is 16.8 Å². The Kier molecular flexibility index (Phi) is 5.33. The molecule has 2 heterocycles. The average molecular weight is 484 g/mol. The number of nitro benzene ring substituents is 1. The minimum atomic E-state index is -0.461. The molecule has 35 heavy (non-hydrogen) atoms. The van der Waals surface area contributed by atoms with Crippen molar-refractivity contribution in [2.75, 3.05) is 5.32 Å². The number of carbonyl (C=O) groups is 1. The average Bonchev–Trinajstić information content (AvgIpc) is 3.29. The fourth-order valence-electron chi connectivity index (χ4n) is 4.76. The lowest BCUT2D eigenvalue weighted by molar-refractivity contribution is -0.384. The number of Topliss-reactive ketones (excluding diaryl/α,β-unsaturated/α-hetero) is 1. The van der Waals surface area contributed by atoms with Crippen LogP contribution in [0.4, 0.5) is 11.6 Å². The van der Waals surface area contributed by atoms with Crippen LogP contribution in [0.15, 0.2) is 83.2 Å². The lowest BCUT2D eigenvalue weighted by Gasteiger charge is -2.32. The number of nitrogens with one attached hydrogen (secondary N) is 1. The Bertz CT molecular complexity index is 1510. The molecule has 4 aromatic rings. The Labute approximate surface area is 205 Å². The molecule has 2 aliphatic rings. The van der Waals surface area contributed by atoms with Gasteiger partial charge in [0.25, 0.3) is 5.69 Å². The predicted octanol–water partition coefficient (Wildman–Crippen LogP) is 5.65. The molecule has 1 aliphatic heterocycles. The van der Waals surface area contributed by atoms with Crippen molar-refractivity contribution in [3.05, 3.63) is 99.2 Å². The van der Waals surface area contributed by atoms with Crippen LogP contribution in [0.5, 0.6) is 0 Å². The fraction of sp³-hybridized carbons (Fsp3) is 0.192.